The summed E-state index contributed by atoms with van der Waals surface area (Å²) in [5, 5.41) is 13.3. The van der Waals surface area contributed by atoms with Crippen LogP contribution in [-0.2, 0) is 7.05 Å². The fraction of sp³-hybridized carbons (Fsp3) is 0.167. The molecule has 3 rings (SSSR count). The van der Waals surface area contributed by atoms with Crippen molar-refractivity contribution in [1.29, 1.82) is 0 Å². The maximum Gasteiger partial charge on any atom is 0.226 e. The fourth-order valence-corrected chi connectivity index (χ4v) is 2.29. The maximum atomic E-state index is 11.8. The number of benzene rings is 1. The van der Waals surface area contributed by atoms with Crippen LogP contribution in [-0.4, -0.2) is 9.55 Å². The van der Waals surface area contributed by atoms with Crippen LogP contribution < -0.4 is 4.73 Å². The Balaban J connectivity index is 2.64. The van der Waals surface area contributed by atoms with Gasteiger partial charge in [0.2, 0.25) is 11.7 Å². The van der Waals surface area contributed by atoms with Crippen molar-refractivity contribution in [2.24, 2.45) is 7.05 Å². The Hall–Kier alpha value is -1.81. The molecular weight excluding hydrogens is 238 g/mol. The van der Waals surface area contributed by atoms with E-state index in [9.17, 15) is 5.21 Å². The zero-order valence-corrected chi connectivity index (χ0v) is 10.2. The molecule has 0 radical (unpaired) electrons. The first kappa shape index (κ1) is 10.4. The first-order valence-corrected chi connectivity index (χ1v) is 5.60. The molecule has 0 bridgehead atoms. The van der Waals surface area contributed by atoms with Gasteiger partial charge in [-0.05, 0) is 19.1 Å². The Morgan fingerprint density at radius 3 is 2.94 bits per heavy atom. The van der Waals surface area contributed by atoms with Crippen molar-refractivity contribution in [1.82, 2.24) is 9.55 Å². The molecular formula is C12H10ClN3O. The summed E-state index contributed by atoms with van der Waals surface area (Å²) in [6.07, 6.45) is 1.50. The molecule has 5 heteroatoms. The Labute approximate surface area is 103 Å². The number of pyridine rings is 1. The second-order valence-electron chi connectivity index (χ2n) is 4.07. The van der Waals surface area contributed by atoms with E-state index in [0.29, 0.717) is 16.1 Å². The molecule has 0 aliphatic rings. The number of fused-ring (bicyclic) bond motifs is 3. The minimum absolute atomic E-state index is 0.602. The second-order valence-corrected chi connectivity index (χ2v) is 4.50. The largest absolute Gasteiger partial charge is 0.618 e. The minimum atomic E-state index is 0.602. The van der Waals surface area contributed by atoms with Crippen molar-refractivity contribution in [2.75, 3.05) is 0 Å². The number of halogens is 1. The highest BCUT2D eigenvalue weighted by molar-refractivity contribution is 6.31. The lowest BCUT2D eigenvalue weighted by atomic mass is 10.2. The van der Waals surface area contributed by atoms with Crippen molar-refractivity contribution < 1.29 is 4.73 Å². The molecule has 0 spiro atoms. The van der Waals surface area contributed by atoms with Gasteiger partial charge in [0.25, 0.3) is 0 Å². The van der Waals surface area contributed by atoms with Crippen molar-refractivity contribution in [3.63, 3.8) is 0 Å². The summed E-state index contributed by atoms with van der Waals surface area (Å²) in [7, 11) is 1.93. The maximum absolute atomic E-state index is 11.8. The zero-order valence-electron chi connectivity index (χ0n) is 9.44. The van der Waals surface area contributed by atoms with Gasteiger partial charge in [0.05, 0.1) is 10.9 Å². The van der Waals surface area contributed by atoms with Crippen molar-refractivity contribution >= 4 is 33.5 Å². The number of aromatic nitrogens is 3. The van der Waals surface area contributed by atoms with Crippen LogP contribution in [0.3, 0.4) is 0 Å². The van der Waals surface area contributed by atoms with E-state index >= 15 is 0 Å². The Morgan fingerprint density at radius 1 is 1.41 bits per heavy atom. The van der Waals surface area contributed by atoms with Crippen LogP contribution >= 0.6 is 11.6 Å². The quantitative estimate of drug-likeness (QED) is 0.452. The third kappa shape index (κ3) is 1.37. The Bertz CT molecular complexity index is 748. The number of hydrogen-bond acceptors (Lipinski definition) is 2. The van der Waals surface area contributed by atoms with Crippen LogP contribution in [0.2, 0.25) is 5.02 Å². The van der Waals surface area contributed by atoms with Crippen LogP contribution in [0.4, 0.5) is 0 Å². The van der Waals surface area contributed by atoms with Crippen molar-refractivity contribution in [2.45, 2.75) is 6.92 Å². The van der Waals surface area contributed by atoms with Gasteiger partial charge in [-0.1, -0.05) is 11.6 Å². The SMILES string of the molecule is Cc1nc2c[n+]([O-])c3ccc(Cl)cc3c2n1C. The predicted octanol–water partition coefficient (Wildman–Crippen LogP) is 2.32. The highest BCUT2D eigenvalue weighted by Gasteiger charge is 2.15. The normalized spacial score (nSPS) is 11.5. The standard InChI is InChI=1S/C12H10ClN3O/c1-7-14-10-6-16(17)11-4-3-8(13)5-9(11)12(10)15(7)2/h3-6H,1-2H3. The third-order valence-electron chi connectivity index (χ3n) is 3.04. The van der Waals surface area contributed by atoms with Crippen LogP contribution in [0.1, 0.15) is 5.82 Å². The van der Waals surface area contributed by atoms with Crippen molar-refractivity contribution in [3.05, 3.63) is 40.5 Å². The van der Waals surface area contributed by atoms with E-state index in [2.05, 4.69) is 4.98 Å². The summed E-state index contributed by atoms with van der Waals surface area (Å²) in [6, 6.07) is 5.24. The van der Waals surface area contributed by atoms with E-state index in [1.807, 2.05) is 18.5 Å². The molecule has 2 aromatic heterocycles. The number of imidazole rings is 1. The molecule has 0 atom stereocenters. The number of aryl methyl sites for hydroxylation is 2. The van der Waals surface area contributed by atoms with Gasteiger partial charge >= 0.3 is 0 Å². The lowest BCUT2D eigenvalue weighted by Crippen LogP contribution is -2.26. The first-order chi connectivity index (χ1) is 8.08. The minimum Gasteiger partial charge on any atom is -0.618 e. The van der Waals surface area contributed by atoms with E-state index in [1.54, 1.807) is 18.2 Å². The summed E-state index contributed by atoms with van der Waals surface area (Å²) in [5.41, 5.74) is 2.23. The molecule has 0 saturated carbocycles. The summed E-state index contributed by atoms with van der Waals surface area (Å²) in [6.45, 7) is 1.91. The number of rotatable bonds is 0. The molecule has 1 aromatic carbocycles. The van der Waals surface area contributed by atoms with Gasteiger partial charge in [0, 0.05) is 18.1 Å². The molecule has 0 aliphatic heterocycles. The average molecular weight is 248 g/mol. The van der Waals surface area contributed by atoms with Gasteiger partial charge in [-0.2, -0.15) is 4.73 Å². The van der Waals surface area contributed by atoms with E-state index in [4.69, 9.17) is 11.6 Å². The summed E-state index contributed by atoms with van der Waals surface area (Å²) in [4.78, 5) is 4.35. The lowest BCUT2D eigenvalue weighted by Gasteiger charge is -2.04. The van der Waals surface area contributed by atoms with Gasteiger partial charge in [0.1, 0.15) is 5.82 Å². The predicted molar refractivity (Wildman–Crippen MR) is 66.9 cm³/mol. The third-order valence-corrected chi connectivity index (χ3v) is 3.27. The molecule has 3 aromatic rings. The van der Waals surface area contributed by atoms with E-state index < -0.39 is 0 Å². The summed E-state index contributed by atoms with van der Waals surface area (Å²) >= 11 is 5.99. The van der Waals surface area contributed by atoms with Gasteiger partial charge in [-0.15, -0.1) is 0 Å². The van der Waals surface area contributed by atoms with Gasteiger partial charge < -0.3 is 9.77 Å². The van der Waals surface area contributed by atoms with Crippen LogP contribution in [0, 0.1) is 12.1 Å². The van der Waals surface area contributed by atoms with Gasteiger partial charge in [0.15, 0.2) is 5.52 Å². The molecule has 0 unspecified atom stereocenters. The van der Waals surface area contributed by atoms with E-state index in [-0.39, 0.29) is 0 Å². The highest BCUT2D eigenvalue weighted by Crippen LogP contribution is 2.25. The van der Waals surface area contributed by atoms with Crippen LogP contribution in [0.25, 0.3) is 21.9 Å². The molecule has 0 N–H and O–H groups in total. The highest BCUT2D eigenvalue weighted by atomic mass is 35.5. The number of hydrogen-bond donors (Lipinski definition) is 0. The molecule has 0 aliphatic carbocycles. The van der Waals surface area contributed by atoms with Crippen LogP contribution in [0.5, 0.6) is 0 Å². The molecule has 0 amide bonds. The van der Waals surface area contributed by atoms with Crippen LogP contribution in [0.15, 0.2) is 24.4 Å². The fourth-order valence-electron chi connectivity index (χ4n) is 2.12. The molecule has 0 saturated heterocycles. The first-order valence-electron chi connectivity index (χ1n) is 5.22. The molecule has 0 fully saturated rings. The van der Waals surface area contributed by atoms with Crippen molar-refractivity contribution in [3.8, 4) is 0 Å². The molecule has 86 valence electrons. The monoisotopic (exact) mass is 247 g/mol. The molecule has 2 heterocycles. The summed E-state index contributed by atoms with van der Waals surface area (Å²) < 4.78 is 2.80. The topological polar surface area (TPSA) is 44.8 Å². The van der Waals surface area contributed by atoms with E-state index in [0.717, 1.165) is 21.5 Å². The molecule has 4 nitrogen and oxygen atoms in total. The molecule has 17 heavy (non-hydrogen) atoms. The van der Waals surface area contributed by atoms with E-state index in [1.165, 1.54) is 6.20 Å². The zero-order chi connectivity index (χ0) is 12.2. The second kappa shape index (κ2) is 3.34. The number of nitrogens with zero attached hydrogens (tertiary/aromatic N) is 3. The average Bonchev–Trinajstić information content (AvgIpc) is 2.54. The van der Waals surface area contributed by atoms with Gasteiger partial charge in [-0.3, -0.25) is 0 Å². The smallest absolute Gasteiger partial charge is 0.226 e. The Morgan fingerprint density at radius 2 is 2.18 bits per heavy atom. The lowest BCUT2D eigenvalue weighted by molar-refractivity contribution is -0.575. The van der Waals surface area contributed by atoms with Gasteiger partial charge in [-0.25, -0.2) is 4.98 Å². The summed E-state index contributed by atoms with van der Waals surface area (Å²) in [5.74, 6) is 0.868. The Kier molecular flexibility index (Phi) is 2.03.